The Bertz CT molecular complexity index is 4490. The summed E-state index contributed by atoms with van der Waals surface area (Å²) in [6.45, 7) is 10.1. The highest BCUT2D eigenvalue weighted by atomic mass is 19.1. The van der Waals surface area contributed by atoms with Crippen LogP contribution in [0.1, 0.15) is 106 Å². The van der Waals surface area contributed by atoms with E-state index in [1.165, 1.54) is 15.6 Å². The van der Waals surface area contributed by atoms with E-state index < -0.39 is 35.1 Å². The van der Waals surface area contributed by atoms with Gasteiger partial charge in [-0.15, -0.1) is 0 Å². The second-order valence-corrected chi connectivity index (χ2v) is 25.1. The average molecular weight is 1200 g/mol. The third kappa shape index (κ3) is 9.91. The Morgan fingerprint density at radius 3 is 2.57 bits per heavy atom. The summed E-state index contributed by atoms with van der Waals surface area (Å²) in [6, 6.07) is 16.7. The van der Waals surface area contributed by atoms with Gasteiger partial charge in [-0.25, -0.2) is 9.07 Å². The van der Waals surface area contributed by atoms with E-state index >= 15 is 9.18 Å². The van der Waals surface area contributed by atoms with E-state index in [4.69, 9.17) is 29.3 Å². The van der Waals surface area contributed by atoms with Crippen LogP contribution in [0.3, 0.4) is 0 Å². The molecule has 0 radical (unpaired) electrons. The van der Waals surface area contributed by atoms with Gasteiger partial charge in [0.15, 0.2) is 11.3 Å². The first kappa shape index (κ1) is 56.7. The van der Waals surface area contributed by atoms with Crippen LogP contribution in [0.2, 0.25) is 0 Å². The topological polar surface area (TPSA) is 256 Å². The van der Waals surface area contributed by atoms with Gasteiger partial charge in [0.05, 0.1) is 48.9 Å². The van der Waals surface area contributed by atoms with Crippen molar-refractivity contribution < 1.29 is 38.4 Å². The first-order valence-corrected chi connectivity index (χ1v) is 31.1. The fraction of sp³-hybridized carbons (Fsp3) is 0.403. The van der Waals surface area contributed by atoms with Crippen LogP contribution in [0, 0.1) is 12.7 Å². The molecular weight excluding hydrogens is 1130 g/mol. The number of aliphatic hydroxyl groups is 2. The number of aryl methyl sites for hydroxylation is 2. The molecule has 4 aliphatic heterocycles. The number of carbonyl (C=O) groups excluding carboxylic acids is 2. The maximum absolute atomic E-state index is 16.3. The molecular formula is C67H70FN13O8. The molecule has 21 nitrogen and oxygen atoms in total. The largest absolute Gasteiger partial charge is 0.486 e. The van der Waals surface area contributed by atoms with Crippen LogP contribution in [0.5, 0.6) is 11.8 Å². The Kier molecular flexibility index (Phi) is 14.2. The van der Waals surface area contributed by atoms with Crippen LogP contribution in [0.4, 0.5) is 10.2 Å². The van der Waals surface area contributed by atoms with E-state index in [1.54, 1.807) is 39.4 Å². The maximum Gasteiger partial charge on any atom is 0.319 e. The molecule has 6 N–H and O–H groups in total. The molecule has 15 rings (SSSR count). The third-order valence-electron chi connectivity index (χ3n) is 19.1. The highest BCUT2D eigenvalue weighted by molar-refractivity contribution is 6.16. The van der Waals surface area contributed by atoms with Crippen molar-refractivity contribution in [2.45, 2.75) is 134 Å². The van der Waals surface area contributed by atoms with Crippen LogP contribution in [-0.2, 0) is 39.4 Å². The number of pyridine rings is 1. The van der Waals surface area contributed by atoms with E-state index in [9.17, 15) is 19.8 Å². The molecule has 2 bridgehead atoms. The molecule has 4 aromatic carbocycles. The Morgan fingerprint density at radius 2 is 1.80 bits per heavy atom. The number of anilines is 1. The molecule has 9 heterocycles. The number of H-pyrrole nitrogens is 2. The summed E-state index contributed by atoms with van der Waals surface area (Å²) >= 11 is 0. The molecule has 89 heavy (non-hydrogen) atoms. The molecule has 2 amide bonds. The summed E-state index contributed by atoms with van der Waals surface area (Å²) in [7, 11) is 0. The molecule has 3 fully saturated rings. The fourth-order valence-electron chi connectivity index (χ4n) is 14.4. The SMILES string of the molecule is CCn1nccc1-c1ccc2c(c1)CCCC[C@]2(CO)NC(=O)[C@@H]1C[C@@H](O)CN1C(=O)C(=C(C)C)n1cc2c(n1)c(=O)[nH]c1cc(COc3c(-c4c(C)c(F)cc5[nH]ncc45)c(C4CC4)cc4c(N5C[C@@H]6C=C5CN6)nc(OC5CCOCC5)nc34)ccc12. The van der Waals surface area contributed by atoms with E-state index in [0.29, 0.717) is 113 Å². The fourth-order valence-corrected chi connectivity index (χ4v) is 14.4. The van der Waals surface area contributed by atoms with Crippen molar-refractivity contribution in [1.82, 2.24) is 60.2 Å². The number of ether oxygens (including phenoxy) is 3. The molecule has 0 unspecified atom stereocenters. The van der Waals surface area contributed by atoms with Gasteiger partial charge in [-0.3, -0.25) is 24.2 Å². The number of carbonyl (C=O) groups is 2. The van der Waals surface area contributed by atoms with Crippen molar-refractivity contribution in [1.29, 1.82) is 0 Å². The zero-order chi connectivity index (χ0) is 61.0. The van der Waals surface area contributed by atoms with Gasteiger partial charge in [0.1, 0.15) is 41.6 Å². The number of hydrogen-bond donors (Lipinski definition) is 6. The lowest BCUT2D eigenvalue weighted by Crippen LogP contribution is -2.55. The molecule has 1 saturated carbocycles. The number of aliphatic hydroxyl groups excluding tert-OH is 2. The van der Waals surface area contributed by atoms with Gasteiger partial charge in [0.2, 0.25) is 5.91 Å². The van der Waals surface area contributed by atoms with Crippen molar-refractivity contribution in [3.05, 3.63) is 135 Å². The van der Waals surface area contributed by atoms with Crippen molar-refractivity contribution in [2.75, 3.05) is 44.4 Å². The molecule has 5 aromatic heterocycles. The van der Waals surface area contributed by atoms with Crippen LogP contribution >= 0.6 is 0 Å². The second kappa shape index (κ2) is 22.3. The van der Waals surface area contributed by atoms with Gasteiger partial charge >= 0.3 is 6.01 Å². The Morgan fingerprint density at radius 1 is 0.944 bits per heavy atom. The number of likely N-dealkylation sites (tertiary alicyclic amines) is 1. The van der Waals surface area contributed by atoms with Gasteiger partial charge in [-0.2, -0.15) is 25.3 Å². The molecule has 2 aliphatic carbocycles. The molecule has 0 spiro atoms. The molecule has 9 aromatic rings. The summed E-state index contributed by atoms with van der Waals surface area (Å²) in [6.07, 6.45) is 12.3. The zero-order valence-electron chi connectivity index (χ0n) is 50.2. The van der Waals surface area contributed by atoms with E-state index in [1.807, 2.05) is 48.0 Å². The minimum atomic E-state index is -1.14. The lowest BCUT2D eigenvalue weighted by Gasteiger charge is -2.36. The molecule has 4 atom stereocenters. The Labute approximate surface area is 510 Å². The normalized spacial score (nSPS) is 21.1. The average Bonchev–Trinajstić information content (AvgIpc) is 1.88. The number of nitrogens with one attached hydrogen (secondary N) is 4. The lowest BCUT2D eigenvalue weighted by molar-refractivity contribution is -0.136. The monoisotopic (exact) mass is 1200 g/mol. The van der Waals surface area contributed by atoms with Gasteiger partial charge in [0, 0.05) is 113 Å². The molecule has 2 saturated heterocycles. The first-order valence-electron chi connectivity index (χ1n) is 31.1. The first-order chi connectivity index (χ1) is 43.2. The molecule has 22 heteroatoms. The highest BCUT2D eigenvalue weighted by Gasteiger charge is 2.45. The van der Waals surface area contributed by atoms with Gasteiger partial charge in [-0.1, -0.05) is 30.7 Å². The molecule has 458 valence electrons. The number of rotatable bonds is 15. The summed E-state index contributed by atoms with van der Waals surface area (Å²) in [4.78, 5) is 61.2. The highest BCUT2D eigenvalue weighted by Crippen LogP contribution is 2.54. The van der Waals surface area contributed by atoms with Crippen molar-refractivity contribution in [3.63, 3.8) is 0 Å². The van der Waals surface area contributed by atoms with Gasteiger partial charge < -0.3 is 49.8 Å². The standard InChI is InChI=1S/C67H70FN13O8/c1-5-80-54(15-19-71-80)40-12-14-50-39(23-40)8-6-7-18-67(50,34-82)75-63(84)55-25-43(83)31-79(55)65(86)60(35(2)3)81-32-49-45-13-9-37(22-52(45)72-64(85)59(49)77-81)33-88-61-57(56-36(4)51(68)27-53-48(56)29-70-76-53)46(38-10-11-38)26-47-58(61)73-66(89-44-16-20-87-21-17-44)74-62(47)78-30-41-24-42(78)28-69-41/h9,12-15,19,22-24,26-27,29,32,38,41,43-44,55,69,82-83H,5-8,10-11,16-18,20-21,25,28,30-31,33-34H2,1-4H3,(H,70,76)(H,72,85)(H,75,84)/t41-,43+,55-,67+/m0/s1. The number of fused-ring (bicyclic) bond motifs is 7. The van der Waals surface area contributed by atoms with Crippen LogP contribution in [-0.4, -0.2) is 135 Å². The number of β-amino-alcohol motifs (C(OH)–C–C–N with tert-alkyl or cyclic N) is 1. The van der Waals surface area contributed by atoms with Crippen molar-refractivity contribution in [2.24, 2.45) is 0 Å². The number of aromatic amines is 2. The number of halogens is 1. The summed E-state index contributed by atoms with van der Waals surface area (Å²) in [5, 5.41) is 48.5. The summed E-state index contributed by atoms with van der Waals surface area (Å²) in [5.74, 6) is -0.108. The second-order valence-electron chi connectivity index (χ2n) is 25.1. The number of allylic oxidation sites excluding steroid dienone is 1. The summed E-state index contributed by atoms with van der Waals surface area (Å²) in [5.41, 5.74) is 9.17. The van der Waals surface area contributed by atoms with Crippen LogP contribution < -0.4 is 30.6 Å². The number of aromatic nitrogens is 9. The van der Waals surface area contributed by atoms with Crippen molar-refractivity contribution >= 4 is 66.9 Å². The zero-order valence-corrected chi connectivity index (χ0v) is 50.2. The van der Waals surface area contributed by atoms with E-state index in [2.05, 4.69) is 54.0 Å². The number of amides is 2. The minimum absolute atomic E-state index is 0.0105. The number of piperazine rings is 1. The minimum Gasteiger partial charge on any atom is -0.486 e. The predicted molar refractivity (Wildman–Crippen MR) is 334 cm³/mol. The summed E-state index contributed by atoms with van der Waals surface area (Å²) < 4.78 is 39.2. The lowest BCUT2D eigenvalue weighted by atomic mass is 9.83. The number of nitrogens with zero attached hydrogens (tertiary/aromatic N) is 9. The van der Waals surface area contributed by atoms with E-state index in [-0.39, 0.29) is 67.3 Å². The Balaban J connectivity index is 0.765. The quantitative estimate of drug-likeness (QED) is 0.0417. The van der Waals surface area contributed by atoms with Crippen LogP contribution in [0.25, 0.3) is 71.7 Å². The smallest absolute Gasteiger partial charge is 0.319 e. The number of hydrogen-bond acceptors (Lipinski definition) is 15. The van der Waals surface area contributed by atoms with E-state index in [0.717, 1.165) is 82.1 Å². The molecule has 6 aliphatic rings. The van der Waals surface area contributed by atoms with Gasteiger partial charge in [0.25, 0.3) is 11.5 Å². The number of benzene rings is 4. The predicted octanol–water partition coefficient (Wildman–Crippen LogP) is 8.33. The van der Waals surface area contributed by atoms with Gasteiger partial charge in [-0.05, 0) is 136 Å². The van der Waals surface area contributed by atoms with Crippen molar-refractivity contribution in [3.8, 4) is 34.1 Å². The van der Waals surface area contributed by atoms with Crippen LogP contribution in [0.15, 0.2) is 95.3 Å². The Hall–Kier alpha value is -8.83. The maximum atomic E-state index is 16.3. The third-order valence-corrected chi connectivity index (χ3v) is 19.1.